The quantitative estimate of drug-likeness (QED) is 0.616. The molecule has 2 saturated heterocycles. The van der Waals surface area contributed by atoms with E-state index < -0.39 is 0 Å². The number of pyridine rings is 1. The second-order valence-corrected chi connectivity index (χ2v) is 7.99. The molecule has 1 aliphatic carbocycles. The normalized spacial score (nSPS) is 27.9. The Morgan fingerprint density at radius 2 is 2.00 bits per heavy atom. The molecule has 2 atom stereocenters. The number of nitrogens with zero attached hydrogens (tertiary/aromatic N) is 2. The summed E-state index contributed by atoms with van der Waals surface area (Å²) in [5.41, 5.74) is 2.15. The number of hydrogen-bond acceptors (Lipinski definition) is 5. The van der Waals surface area contributed by atoms with Gasteiger partial charge in [0.2, 0.25) is 0 Å². The maximum Gasteiger partial charge on any atom is 0.345 e. The van der Waals surface area contributed by atoms with E-state index in [4.69, 9.17) is 9.47 Å². The van der Waals surface area contributed by atoms with Gasteiger partial charge in [0.15, 0.2) is 0 Å². The molecule has 0 bridgehead atoms. The Balaban J connectivity index is 1.25. The van der Waals surface area contributed by atoms with Gasteiger partial charge in [0.1, 0.15) is 5.75 Å². The van der Waals surface area contributed by atoms with Gasteiger partial charge in [0.25, 0.3) is 0 Å². The minimum atomic E-state index is -0.370. The monoisotopic (exact) mass is 364 g/mol. The molecule has 0 N–H and O–H groups in total. The molecule has 1 aromatic heterocycles. The Bertz CT molecular complexity index is 817. The fourth-order valence-electron chi connectivity index (χ4n) is 4.80. The Hall–Kier alpha value is -2.24. The van der Waals surface area contributed by atoms with E-state index >= 15 is 0 Å². The first kappa shape index (κ1) is 16.9. The summed E-state index contributed by atoms with van der Waals surface area (Å²) in [5.74, 6) is 0.981. The maximum absolute atomic E-state index is 12.2. The van der Waals surface area contributed by atoms with Crippen LogP contribution in [0.2, 0.25) is 0 Å². The molecule has 2 aromatic rings. The SMILES string of the molecule is O=C(Oc1ccc([C@@]23C[C@@H]2CN(C2CCOCC2)C3)cc1)c1cccnc1. The Kier molecular flexibility index (Phi) is 4.21. The summed E-state index contributed by atoms with van der Waals surface area (Å²) in [5, 5.41) is 0. The van der Waals surface area contributed by atoms with Crippen LogP contribution in [0.15, 0.2) is 48.8 Å². The van der Waals surface area contributed by atoms with Gasteiger partial charge in [-0.1, -0.05) is 12.1 Å². The van der Waals surface area contributed by atoms with E-state index in [-0.39, 0.29) is 5.97 Å². The molecule has 2 aliphatic heterocycles. The smallest absolute Gasteiger partial charge is 0.345 e. The molecule has 1 saturated carbocycles. The van der Waals surface area contributed by atoms with E-state index in [1.54, 1.807) is 18.3 Å². The molecule has 3 heterocycles. The van der Waals surface area contributed by atoms with Crippen molar-refractivity contribution in [3.05, 3.63) is 59.9 Å². The van der Waals surface area contributed by atoms with Crippen molar-refractivity contribution in [3.63, 3.8) is 0 Å². The molecule has 3 fully saturated rings. The zero-order valence-electron chi connectivity index (χ0n) is 15.3. The summed E-state index contributed by atoms with van der Waals surface area (Å²) in [6.45, 7) is 4.16. The standard InChI is InChI=1S/C22H24N2O3/c25-21(16-2-1-9-23-13-16)27-20-5-3-17(4-6-20)22-12-18(22)14-24(15-22)19-7-10-26-11-8-19/h1-6,9,13,18-19H,7-8,10-12,14-15H2/t18-,22+/m1/s1. The largest absolute Gasteiger partial charge is 0.423 e. The first-order valence-corrected chi connectivity index (χ1v) is 9.79. The van der Waals surface area contributed by atoms with Crippen LogP contribution in [0.3, 0.4) is 0 Å². The summed E-state index contributed by atoms with van der Waals surface area (Å²) in [6.07, 6.45) is 6.76. The summed E-state index contributed by atoms with van der Waals surface area (Å²) in [6, 6.07) is 12.2. The highest BCUT2D eigenvalue weighted by molar-refractivity contribution is 5.90. The third kappa shape index (κ3) is 3.15. The number of benzene rings is 1. The van der Waals surface area contributed by atoms with Crippen LogP contribution in [0.5, 0.6) is 5.75 Å². The van der Waals surface area contributed by atoms with Gasteiger partial charge in [0.05, 0.1) is 5.56 Å². The minimum absolute atomic E-state index is 0.310. The van der Waals surface area contributed by atoms with E-state index in [1.165, 1.54) is 24.7 Å². The van der Waals surface area contributed by atoms with Crippen LogP contribution < -0.4 is 4.74 Å². The molecule has 0 unspecified atom stereocenters. The zero-order valence-corrected chi connectivity index (χ0v) is 15.3. The molecule has 3 aliphatic rings. The number of likely N-dealkylation sites (tertiary alicyclic amines) is 1. The third-order valence-corrected chi connectivity index (χ3v) is 6.42. The van der Waals surface area contributed by atoms with E-state index in [0.29, 0.717) is 22.8 Å². The lowest BCUT2D eigenvalue weighted by Crippen LogP contribution is -2.40. The van der Waals surface area contributed by atoms with E-state index in [9.17, 15) is 4.79 Å². The van der Waals surface area contributed by atoms with E-state index in [0.717, 1.165) is 38.5 Å². The third-order valence-electron chi connectivity index (χ3n) is 6.42. The van der Waals surface area contributed by atoms with Crippen LogP contribution in [0.4, 0.5) is 0 Å². The van der Waals surface area contributed by atoms with Crippen LogP contribution in [0.25, 0.3) is 0 Å². The fraction of sp³-hybridized carbons (Fsp3) is 0.455. The van der Waals surface area contributed by atoms with Crippen LogP contribution in [0.1, 0.15) is 35.2 Å². The average molecular weight is 364 g/mol. The molecular formula is C22H24N2O3. The van der Waals surface area contributed by atoms with Gasteiger partial charge < -0.3 is 9.47 Å². The summed E-state index contributed by atoms with van der Waals surface area (Å²) in [4.78, 5) is 18.8. The fourth-order valence-corrected chi connectivity index (χ4v) is 4.80. The van der Waals surface area contributed by atoms with Gasteiger partial charge in [-0.25, -0.2) is 4.79 Å². The van der Waals surface area contributed by atoms with Crippen molar-refractivity contribution in [1.82, 2.24) is 9.88 Å². The van der Waals surface area contributed by atoms with Crippen molar-refractivity contribution in [2.75, 3.05) is 26.3 Å². The lowest BCUT2D eigenvalue weighted by molar-refractivity contribution is 0.0378. The maximum atomic E-state index is 12.2. The van der Waals surface area contributed by atoms with Crippen molar-refractivity contribution < 1.29 is 14.3 Å². The highest BCUT2D eigenvalue weighted by Crippen LogP contribution is 2.59. The molecule has 5 nitrogen and oxygen atoms in total. The number of esters is 1. The second-order valence-electron chi connectivity index (χ2n) is 7.99. The number of carbonyl (C=O) groups is 1. The lowest BCUT2D eigenvalue weighted by atomic mass is 9.94. The molecule has 0 amide bonds. The predicted octanol–water partition coefficient (Wildman–Crippen LogP) is 3.05. The van der Waals surface area contributed by atoms with Gasteiger partial charge in [0, 0.05) is 50.2 Å². The van der Waals surface area contributed by atoms with Gasteiger partial charge in [-0.15, -0.1) is 0 Å². The Morgan fingerprint density at radius 3 is 2.74 bits per heavy atom. The molecule has 5 heteroatoms. The van der Waals surface area contributed by atoms with Crippen LogP contribution in [-0.2, 0) is 10.2 Å². The van der Waals surface area contributed by atoms with Gasteiger partial charge in [-0.05, 0) is 55.0 Å². The molecule has 0 radical (unpaired) electrons. The van der Waals surface area contributed by atoms with Crippen LogP contribution >= 0.6 is 0 Å². The zero-order chi connectivity index (χ0) is 18.3. The first-order chi connectivity index (χ1) is 13.2. The highest BCUT2D eigenvalue weighted by Gasteiger charge is 2.61. The molecule has 27 heavy (non-hydrogen) atoms. The van der Waals surface area contributed by atoms with Gasteiger partial charge >= 0.3 is 5.97 Å². The summed E-state index contributed by atoms with van der Waals surface area (Å²) >= 11 is 0. The van der Waals surface area contributed by atoms with Crippen molar-refractivity contribution in [3.8, 4) is 5.75 Å². The topological polar surface area (TPSA) is 51.7 Å². The van der Waals surface area contributed by atoms with Gasteiger partial charge in [-0.2, -0.15) is 0 Å². The average Bonchev–Trinajstić information content (AvgIpc) is 3.30. The Morgan fingerprint density at radius 1 is 1.19 bits per heavy atom. The van der Waals surface area contributed by atoms with E-state index in [1.807, 2.05) is 12.1 Å². The molecule has 5 rings (SSSR count). The predicted molar refractivity (Wildman–Crippen MR) is 101 cm³/mol. The molecule has 1 aromatic carbocycles. The number of piperidine rings is 1. The summed E-state index contributed by atoms with van der Waals surface area (Å²) in [7, 11) is 0. The van der Waals surface area contributed by atoms with E-state index in [2.05, 4.69) is 22.0 Å². The van der Waals surface area contributed by atoms with Gasteiger partial charge in [-0.3, -0.25) is 9.88 Å². The Labute approximate surface area is 159 Å². The molecule has 140 valence electrons. The number of rotatable bonds is 4. The molecule has 0 spiro atoms. The first-order valence-electron chi connectivity index (χ1n) is 9.79. The van der Waals surface area contributed by atoms with Crippen molar-refractivity contribution in [1.29, 1.82) is 0 Å². The molecular weight excluding hydrogens is 340 g/mol. The van der Waals surface area contributed by atoms with Crippen LogP contribution in [-0.4, -0.2) is 48.2 Å². The minimum Gasteiger partial charge on any atom is -0.423 e. The highest BCUT2D eigenvalue weighted by atomic mass is 16.5. The second kappa shape index (κ2) is 6.73. The number of aromatic nitrogens is 1. The number of ether oxygens (including phenoxy) is 2. The van der Waals surface area contributed by atoms with Crippen molar-refractivity contribution >= 4 is 5.97 Å². The summed E-state index contributed by atoms with van der Waals surface area (Å²) < 4.78 is 11.0. The number of carbonyl (C=O) groups excluding carboxylic acids is 1. The van der Waals surface area contributed by atoms with Crippen LogP contribution in [0, 0.1) is 5.92 Å². The van der Waals surface area contributed by atoms with Crippen molar-refractivity contribution in [2.45, 2.75) is 30.7 Å². The number of hydrogen-bond donors (Lipinski definition) is 0. The van der Waals surface area contributed by atoms with Crippen molar-refractivity contribution in [2.24, 2.45) is 5.92 Å². The number of fused-ring (bicyclic) bond motifs is 1. The lowest BCUT2D eigenvalue weighted by Gasteiger charge is -2.33.